The van der Waals surface area contributed by atoms with Crippen LogP contribution in [-0.4, -0.2) is 16.1 Å². The molecule has 0 radical (unpaired) electrons. The van der Waals surface area contributed by atoms with Gasteiger partial charge in [-0.25, -0.2) is 4.79 Å². The summed E-state index contributed by atoms with van der Waals surface area (Å²) in [4.78, 5) is 13.9. The fraction of sp³-hybridized carbons (Fsp3) is 0.111. The SMILES string of the molecule is O=C(O)C=CC=C(c1ccc(C(F)(F)F)cc1)c1ccc(C(F)(F)F)nc1. The number of rotatable bonds is 4. The molecule has 2 rings (SSSR count). The standard InChI is InChI=1S/C18H11F6NO2/c19-17(20,21)13-7-4-11(5-8-13)14(2-1-3-16(26)27)12-6-9-15(25-10-12)18(22,23)24/h1-10H,(H,26,27). The molecule has 1 heterocycles. The third-order valence-corrected chi connectivity index (χ3v) is 3.39. The van der Waals surface area contributed by atoms with Gasteiger partial charge in [0.25, 0.3) is 0 Å². The van der Waals surface area contributed by atoms with Crippen LogP contribution < -0.4 is 0 Å². The van der Waals surface area contributed by atoms with E-state index in [0.717, 1.165) is 54.7 Å². The van der Waals surface area contributed by atoms with E-state index in [1.54, 1.807) is 0 Å². The summed E-state index contributed by atoms with van der Waals surface area (Å²) < 4.78 is 75.9. The molecule has 2 aromatic rings. The van der Waals surface area contributed by atoms with Crippen molar-refractivity contribution in [1.82, 2.24) is 4.98 Å². The highest BCUT2D eigenvalue weighted by Gasteiger charge is 2.32. The summed E-state index contributed by atoms with van der Waals surface area (Å²) >= 11 is 0. The van der Waals surface area contributed by atoms with Gasteiger partial charge in [0.2, 0.25) is 0 Å². The maximum Gasteiger partial charge on any atom is 0.433 e. The van der Waals surface area contributed by atoms with Crippen molar-refractivity contribution >= 4 is 11.5 Å². The van der Waals surface area contributed by atoms with Crippen LogP contribution in [0.5, 0.6) is 0 Å². The van der Waals surface area contributed by atoms with Crippen LogP contribution in [0.15, 0.2) is 60.8 Å². The second kappa shape index (κ2) is 7.65. The molecule has 9 heteroatoms. The van der Waals surface area contributed by atoms with Crippen LogP contribution in [0.3, 0.4) is 0 Å². The van der Waals surface area contributed by atoms with Gasteiger partial charge in [0.05, 0.1) is 5.56 Å². The molecule has 0 aliphatic carbocycles. The number of allylic oxidation sites excluding steroid dienone is 2. The summed E-state index contributed by atoms with van der Waals surface area (Å²) in [5.41, 5.74) is -1.38. The van der Waals surface area contributed by atoms with Gasteiger partial charge >= 0.3 is 18.3 Å². The van der Waals surface area contributed by atoms with Gasteiger partial charge in [-0.3, -0.25) is 4.98 Å². The quantitative estimate of drug-likeness (QED) is 0.446. The van der Waals surface area contributed by atoms with Crippen molar-refractivity contribution in [2.75, 3.05) is 0 Å². The summed E-state index contributed by atoms with van der Waals surface area (Å²) in [5.74, 6) is -1.26. The summed E-state index contributed by atoms with van der Waals surface area (Å²) in [6.45, 7) is 0. The highest BCUT2D eigenvalue weighted by Crippen LogP contribution is 2.32. The van der Waals surface area contributed by atoms with Crippen molar-refractivity contribution in [1.29, 1.82) is 0 Å². The number of aromatic nitrogens is 1. The maximum absolute atomic E-state index is 12.7. The zero-order valence-electron chi connectivity index (χ0n) is 13.3. The van der Waals surface area contributed by atoms with Crippen molar-refractivity contribution in [2.45, 2.75) is 12.4 Å². The summed E-state index contributed by atoms with van der Waals surface area (Å²) in [5, 5.41) is 8.64. The number of halogens is 6. The smallest absolute Gasteiger partial charge is 0.433 e. The van der Waals surface area contributed by atoms with Crippen LogP contribution in [0, 0.1) is 0 Å². The molecule has 0 saturated heterocycles. The van der Waals surface area contributed by atoms with E-state index in [9.17, 15) is 31.1 Å². The van der Waals surface area contributed by atoms with Gasteiger partial charge in [-0.05, 0) is 29.3 Å². The minimum absolute atomic E-state index is 0.179. The number of aliphatic carboxylic acids is 1. The van der Waals surface area contributed by atoms with E-state index in [2.05, 4.69) is 4.98 Å². The van der Waals surface area contributed by atoms with E-state index in [-0.39, 0.29) is 16.7 Å². The van der Waals surface area contributed by atoms with Crippen LogP contribution in [0.1, 0.15) is 22.4 Å². The lowest BCUT2D eigenvalue weighted by atomic mass is 9.97. The lowest BCUT2D eigenvalue weighted by Crippen LogP contribution is -2.07. The fourth-order valence-electron chi connectivity index (χ4n) is 2.15. The second-order valence-corrected chi connectivity index (χ2v) is 5.28. The number of carboxylic acid groups (broad SMARTS) is 1. The molecule has 1 aromatic carbocycles. The molecule has 0 saturated carbocycles. The second-order valence-electron chi connectivity index (χ2n) is 5.28. The van der Waals surface area contributed by atoms with Crippen molar-refractivity contribution in [3.8, 4) is 0 Å². The van der Waals surface area contributed by atoms with E-state index >= 15 is 0 Å². The van der Waals surface area contributed by atoms with E-state index in [1.165, 1.54) is 6.08 Å². The first kappa shape index (κ1) is 20.2. The Bertz CT molecular complexity index is 803. The Kier molecular flexibility index (Phi) is 5.72. The molecule has 1 aromatic heterocycles. The third-order valence-electron chi connectivity index (χ3n) is 3.39. The molecule has 1 N–H and O–H groups in total. The molecule has 27 heavy (non-hydrogen) atoms. The Hall–Kier alpha value is -3.10. The van der Waals surface area contributed by atoms with E-state index in [4.69, 9.17) is 5.11 Å². The van der Waals surface area contributed by atoms with Gasteiger partial charge in [0, 0.05) is 17.8 Å². The topological polar surface area (TPSA) is 50.2 Å². The molecular weight excluding hydrogens is 376 g/mol. The number of pyridine rings is 1. The molecule has 0 aliphatic rings. The van der Waals surface area contributed by atoms with Crippen molar-refractivity contribution in [3.05, 3.63) is 83.2 Å². The monoisotopic (exact) mass is 387 g/mol. The van der Waals surface area contributed by atoms with Crippen molar-refractivity contribution in [2.24, 2.45) is 0 Å². The minimum atomic E-state index is -4.64. The Labute approximate surface area is 149 Å². The molecule has 3 nitrogen and oxygen atoms in total. The first-order valence-electron chi connectivity index (χ1n) is 7.31. The lowest BCUT2D eigenvalue weighted by molar-refractivity contribution is -0.141. The molecule has 0 amide bonds. The lowest BCUT2D eigenvalue weighted by Gasteiger charge is -2.12. The molecule has 0 fully saturated rings. The van der Waals surface area contributed by atoms with Gasteiger partial charge in [0.1, 0.15) is 5.69 Å². The fourth-order valence-corrected chi connectivity index (χ4v) is 2.15. The van der Waals surface area contributed by atoms with Gasteiger partial charge in [-0.2, -0.15) is 26.3 Å². The van der Waals surface area contributed by atoms with E-state index in [1.807, 2.05) is 0 Å². The molecule has 0 bridgehead atoms. The van der Waals surface area contributed by atoms with E-state index in [0.29, 0.717) is 0 Å². The Morgan fingerprint density at radius 1 is 0.889 bits per heavy atom. The van der Waals surface area contributed by atoms with Gasteiger partial charge in [-0.1, -0.05) is 30.4 Å². The number of carboxylic acids is 1. The molecule has 142 valence electrons. The number of hydrogen-bond donors (Lipinski definition) is 1. The predicted molar refractivity (Wildman–Crippen MR) is 84.5 cm³/mol. The van der Waals surface area contributed by atoms with Gasteiger partial charge in [-0.15, -0.1) is 0 Å². The average Bonchev–Trinajstić information content (AvgIpc) is 2.57. The zero-order valence-corrected chi connectivity index (χ0v) is 13.3. The average molecular weight is 387 g/mol. The number of alkyl halides is 6. The van der Waals surface area contributed by atoms with Crippen LogP contribution in [0.25, 0.3) is 5.57 Å². The first-order chi connectivity index (χ1) is 12.5. The normalized spacial score (nSPS) is 13.2. The largest absolute Gasteiger partial charge is 0.478 e. The number of carbonyl (C=O) groups is 1. The zero-order chi connectivity index (χ0) is 20.2. The summed E-state index contributed by atoms with van der Waals surface area (Å²) in [7, 11) is 0. The third kappa shape index (κ3) is 5.44. The highest BCUT2D eigenvalue weighted by molar-refractivity contribution is 5.83. The van der Waals surface area contributed by atoms with Crippen LogP contribution in [-0.2, 0) is 17.1 Å². The van der Waals surface area contributed by atoms with Crippen molar-refractivity contribution < 1.29 is 36.2 Å². The van der Waals surface area contributed by atoms with Crippen molar-refractivity contribution in [3.63, 3.8) is 0 Å². The molecule has 0 aliphatic heterocycles. The number of hydrogen-bond acceptors (Lipinski definition) is 2. The van der Waals surface area contributed by atoms with Gasteiger partial charge < -0.3 is 5.11 Å². The maximum atomic E-state index is 12.7. The molecule has 0 spiro atoms. The summed E-state index contributed by atoms with van der Waals surface area (Å²) in [6.07, 6.45) is -5.10. The molecular formula is C18H11F6NO2. The van der Waals surface area contributed by atoms with Crippen LogP contribution in [0.4, 0.5) is 26.3 Å². The Morgan fingerprint density at radius 3 is 1.93 bits per heavy atom. The summed E-state index contributed by atoms with van der Waals surface area (Å²) in [6, 6.07) is 5.76. The Morgan fingerprint density at radius 2 is 1.48 bits per heavy atom. The predicted octanol–water partition coefficient (Wildman–Crippen LogP) is 5.19. The highest BCUT2D eigenvalue weighted by atomic mass is 19.4. The van der Waals surface area contributed by atoms with Crippen LogP contribution >= 0.6 is 0 Å². The first-order valence-corrected chi connectivity index (χ1v) is 7.31. The van der Waals surface area contributed by atoms with Gasteiger partial charge in [0.15, 0.2) is 0 Å². The molecule has 0 atom stereocenters. The minimum Gasteiger partial charge on any atom is -0.478 e. The van der Waals surface area contributed by atoms with E-state index < -0.39 is 29.6 Å². The van der Waals surface area contributed by atoms with Crippen LogP contribution in [0.2, 0.25) is 0 Å². The number of benzene rings is 1. The number of nitrogens with zero attached hydrogens (tertiary/aromatic N) is 1. The Balaban J connectivity index is 2.47. The molecule has 0 unspecified atom stereocenters.